The van der Waals surface area contributed by atoms with Gasteiger partial charge in [0.2, 0.25) is 0 Å². The van der Waals surface area contributed by atoms with Crippen LogP contribution in [0.4, 0.5) is 11.4 Å². The first kappa shape index (κ1) is 20.5. The van der Waals surface area contributed by atoms with E-state index in [2.05, 4.69) is 25.2 Å². The summed E-state index contributed by atoms with van der Waals surface area (Å²) in [4.78, 5) is 11.5. The first-order chi connectivity index (χ1) is 16.1. The second-order valence-electron chi connectivity index (χ2n) is 7.51. The van der Waals surface area contributed by atoms with Crippen LogP contribution in [0.15, 0.2) is 65.6 Å². The number of fused-ring (bicyclic) bond motifs is 1. The number of aryl methyl sites for hydroxylation is 1. The molecular weight excluding hydrogens is 420 g/mol. The van der Waals surface area contributed by atoms with Crippen molar-refractivity contribution in [2.24, 2.45) is 0 Å². The fourth-order valence-electron chi connectivity index (χ4n) is 3.62. The summed E-state index contributed by atoms with van der Waals surface area (Å²) in [5.74, 6) is 2.10. The summed E-state index contributed by atoms with van der Waals surface area (Å²) >= 11 is 0. The maximum Gasteiger partial charge on any atom is 0.156 e. The molecule has 0 fully saturated rings. The third-order valence-corrected chi connectivity index (χ3v) is 5.27. The highest BCUT2D eigenvalue weighted by molar-refractivity contribution is 5.82. The Bertz CT molecular complexity index is 1370. The van der Waals surface area contributed by atoms with Crippen LogP contribution < -0.4 is 14.4 Å². The van der Waals surface area contributed by atoms with Gasteiger partial charge in [-0.25, -0.2) is 4.98 Å². The highest BCUT2D eigenvalue weighted by atomic mass is 16.5. The lowest BCUT2D eigenvalue weighted by atomic mass is 10.1. The third kappa shape index (κ3) is 4.20. The van der Waals surface area contributed by atoms with Crippen molar-refractivity contribution in [3.8, 4) is 22.8 Å². The Morgan fingerprint density at radius 1 is 0.939 bits per heavy atom. The number of aromatic nitrogens is 5. The predicted molar refractivity (Wildman–Crippen MR) is 124 cm³/mol. The standard InChI is InChI=1S/C24H22N6O3/c1-15-6-21(33-29-15)14-30(18-7-19(31-2)10-20(8-18)32-3)17-4-5-22-23(9-17)28-24(13-25-22)16-11-26-27-12-16/h4-13H,14H2,1-3H3,(H,26,27). The molecule has 0 radical (unpaired) electrons. The Labute approximate surface area is 190 Å². The van der Waals surface area contributed by atoms with Gasteiger partial charge in [-0.05, 0) is 25.1 Å². The minimum absolute atomic E-state index is 0.456. The lowest BCUT2D eigenvalue weighted by Gasteiger charge is -2.25. The summed E-state index contributed by atoms with van der Waals surface area (Å²) in [6.07, 6.45) is 5.26. The van der Waals surface area contributed by atoms with Crippen LogP contribution in [0.25, 0.3) is 22.3 Å². The number of rotatable bonds is 7. The van der Waals surface area contributed by atoms with Gasteiger partial charge in [-0.1, -0.05) is 5.16 Å². The molecule has 5 aromatic rings. The molecule has 166 valence electrons. The summed E-state index contributed by atoms with van der Waals surface area (Å²) in [6.45, 7) is 2.35. The zero-order chi connectivity index (χ0) is 22.8. The summed E-state index contributed by atoms with van der Waals surface area (Å²) in [5.41, 5.74) is 5.78. The number of aromatic amines is 1. The molecule has 3 heterocycles. The number of methoxy groups -OCH3 is 2. The van der Waals surface area contributed by atoms with E-state index in [1.165, 1.54) is 0 Å². The SMILES string of the molecule is COc1cc(OC)cc(N(Cc2cc(C)no2)c2ccc3ncc(-c4cn[nH]c4)nc3c2)c1. The maximum atomic E-state index is 5.51. The number of H-pyrrole nitrogens is 1. The van der Waals surface area contributed by atoms with Gasteiger partial charge in [0.1, 0.15) is 11.5 Å². The lowest BCUT2D eigenvalue weighted by Crippen LogP contribution is -2.16. The molecule has 5 rings (SSSR count). The van der Waals surface area contributed by atoms with E-state index in [0.717, 1.165) is 45.1 Å². The van der Waals surface area contributed by atoms with Crippen molar-refractivity contribution in [2.45, 2.75) is 13.5 Å². The Hall–Kier alpha value is -4.40. The van der Waals surface area contributed by atoms with E-state index < -0.39 is 0 Å². The van der Waals surface area contributed by atoms with Gasteiger partial charge in [0, 0.05) is 47.4 Å². The molecule has 3 aromatic heterocycles. The number of nitrogens with zero attached hydrogens (tertiary/aromatic N) is 5. The molecule has 0 aliphatic heterocycles. The largest absolute Gasteiger partial charge is 0.497 e. The van der Waals surface area contributed by atoms with Gasteiger partial charge in [-0.15, -0.1) is 0 Å². The predicted octanol–water partition coefficient (Wildman–Crippen LogP) is 4.67. The van der Waals surface area contributed by atoms with Crippen LogP contribution in [0.1, 0.15) is 11.5 Å². The second kappa shape index (κ2) is 8.62. The topological polar surface area (TPSA) is 102 Å². The van der Waals surface area contributed by atoms with Crippen molar-refractivity contribution in [3.05, 3.63) is 72.5 Å². The number of benzene rings is 2. The molecule has 0 aliphatic carbocycles. The van der Waals surface area contributed by atoms with Crippen LogP contribution in [0.3, 0.4) is 0 Å². The van der Waals surface area contributed by atoms with Crippen molar-refractivity contribution in [2.75, 3.05) is 19.1 Å². The Kier molecular flexibility index (Phi) is 5.35. The fraction of sp³-hybridized carbons (Fsp3) is 0.167. The molecule has 9 heteroatoms. The van der Waals surface area contributed by atoms with Crippen LogP contribution >= 0.6 is 0 Å². The number of hydrogen-bond acceptors (Lipinski definition) is 8. The van der Waals surface area contributed by atoms with Gasteiger partial charge in [0.25, 0.3) is 0 Å². The zero-order valence-electron chi connectivity index (χ0n) is 18.4. The first-order valence-electron chi connectivity index (χ1n) is 10.3. The minimum Gasteiger partial charge on any atom is -0.497 e. The average molecular weight is 442 g/mol. The Morgan fingerprint density at radius 3 is 2.42 bits per heavy atom. The van der Waals surface area contributed by atoms with Crippen molar-refractivity contribution in [1.29, 1.82) is 0 Å². The second-order valence-corrected chi connectivity index (χ2v) is 7.51. The van der Waals surface area contributed by atoms with Crippen molar-refractivity contribution in [1.82, 2.24) is 25.3 Å². The quantitative estimate of drug-likeness (QED) is 0.388. The van der Waals surface area contributed by atoms with Gasteiger partial charge >= 0.3 is 0 Å². The van der Waals surface area contributed by atoms with E-state index in [9.17, 15) is 0 Å². The van der Waals surface area contributed by atoms with Crippen molar-refractivity contribution in [3.63, 3.8) is 0 Å². The molecule has 0 aliphatic rings. The van der Waals surface area contributed by atoms with Crippen molar-refractivity contribution < 1.29 is 14.0 Å². The minimum atomic E-state index is 0.456. The molecule has 2 aromatic carbocycles. The van der Waals surface area contributed by atoms with Gasteiger partial charge in [0.05, 0.1) is 55.6 Å². The number of nitrogens with one attached hydrogen (secondary N) is 1. The van der Waals surface area contributed by atoms with Crippen molar-refractivity contribution >= 4 is 22.4 Å². The molecule has 0 saturated carbocycles. The molecule has 0 amide bonds. The number of hydrogen-bond donors (Lipinski definition) is 1. The van der Waals surface area contributed by atoms with E-state index in [1.54, 1.807) is 32.8 Å². The first-order valence-corrected chi connectivity index (χ1v) is 10.3. The van der Waals surface area contributed by atoms with Crippen LogP contribution in [0.2, 0.25) is 0 Å². The molecule has 0 saturated heterocycles. The van der Waals surface area contributed by atoms with Crippen LogP contribution in [0, 0.1) is 6.92 Å². The number of ether oxygens (including phenoxy) is 2. The van der Waals surface area contributed by atoms with E-state index in [0.29, 0.717) is 18.0 Å². The normalized spacial score (nSPS) is 11.0. The molecule has 0 atom stereocenters. The number of anilines is 2. The van der Waals surface area contributed by atoms with Gasteiger partial charge < -0.3 is 18.9 Å². The molecule has 0 unspecified atom stereocenters. The molecule has 0 bridgehead atoms. The smallest absolute Gasteiger partial charge is 0.156 e. The van der Waals surface area contributed by atoms with E-state index in [4.69, 9.17) is 19.0 Å². The van der Waals surface area contributed by atoms with Gasteiger partial charge in [0.15, 0.2) is 5.76 Å². The highest BCUT2D eigenvalue weighted by Gasteiger charge is 2.17. The van der Waals surface area contributed by atoms with Crippen LogP contribution in [0.5, 0.6) is 11.5 Å². The summed E-state index contributed by atoms with van der Waals surface area (Å²) in [7, 11) is 3.26. The Morgan fingerprint density at radius 2 is 1.76 bits per heavy atom. The highest BCUT2D eigenvalue weighted by Crippen LogP contribution is 2.35. The molecule has 1 N–H and O–H groups in total. The third-order valence-electron chi connectivity index (χ3n) is 5.27. The summed E-state index contributed by atoms with van der Waals surface area (Å²) in [5, 5.41) is 10.8. The fourth-order valence-corrected chi connectivity index (χ4v) is 3.62. The van der Waals surface area contributed by atoms with Crippen LogP contribution in [-0.4, -0.2) is 39.5 Å². The van der Waals surface area contributed by atoms with Gasteiger partial charge in [-0.2, -0.15) is 5.10 Å². The molecule has 33 heavy (non-hydrogen) atoms. The van der Waals surface area contributed by atoms with E-state index >= 15 is 0 Å². The molecule has 9 nitrogen and oxygen atoms in total. The maximum absolute atomic E-state index is 5.51. The zero-order valence-corrected chi connectivity index (χ0v) is 18.4. The monoisotopic (exact) mass is 442 g/mol. The van der Waals surface area contributed by atoms with Gasteiger partial charge in [-0.3, -0.25) is 10.1 Å². The molecular formula is C24H22N6O3. The van der Waals surface area contributed by atoms with E-state index in [-0.39, 0.29) is 0 Å². The lowest BCUT2D eigenvalue weighted by molar-refractivity contribution is 0.380. The average Bonchev–Trinajstić information content (AvgIpc) is 3.53. The van der Waals surface area contributed by atoms with E-state index in [1.807, 2.05) is 49.4 Å². The Balaban J connectivity index is 1.62. The summed E-state index contributed by atoms with van der Waals surface area (Å²) < 4.78 is 16.5. The van der Waals surface area contributed by atoms with Crippen LogP contribution in [-0.2, 0) is 6.54 Å². The molecule has 0 spiro atoms. The summed E-state index contributed by atoms with van der Waals surface area (Å²) in [6, 6.07) is 13.6.